The van der Waals surface area contributed by atoms with Crippen LogP contribution in [0.5, 0.6) is 0 Å². The molecule has 10 heteroatoms. The molecule has 0 unspecified atom stereocenters. The number of fused-ring (bicyclic) bond motifs is 1. The van der Waals surface area contributed by atoms with E-state index in [1.165, 1.54) is 10.6 Å². The zero-order valence-corrected chi connectivity index (χ0v) is 20.2. The van der Waals surface area contributed by atoms with Gasteiger partial charge in [-0.15, -0.1) is 0 Å². The molecule has 1 aliphatic rings. The first-order valence-corrected chi connectivity index (χ1v) is 12.7. The Balaban J connectivity index is 1.63. The number of nitrogens with zero attached hydrogens (tertiary/aromatic N) is 2. The van der Waals surface area contributed by atoms with Crippen LogP contribution in [-0.4, -0.2) is 41.3 Å². The number of hydrogen-bond acceptors (Lipinski definition) is 5. The van der Waals surface area contributed by atoms with Gasteiger partial charge in [0.15, 0.2) is 4.77 Å². The highest BCUT2D eigenvalue weighted by Gasteiger charge is 2.27. The van der Waals surface area contributed by atoms with Crippen LogP contribution in [0.1, 0.15) is 41.6 Å². The monoisotopic (exact) mass is 486 g/mol. The van der Waals surface area contributed by atoms with Gasteiger partial charge in [-0.25, -0.2) is 8.42 Å². The van der Waals surface area contributed by atoms with Crippen molar-refractivity contribution in [1.29, 1.82) is 0 Å². The van der Waals surface area contributed by atoms with Crippen molar-refractivity contribution in [3.05, 3.63) is 62.6 Å². The molecule has 1 amide bonds. The Morgan fingerprint density at radius 1 is 1.06 bits per heavy atom. The summed E-state index contributed by atoms with van der Waals surface area (Å²) < 4.78 is 29.7. The van der Waals surface area contributed by atoms with Crippen molar-refractivity contribution in [2.24, 2.45) is 7.05 Å². The predicted octanol–water partition coefficient (Wildman–Crippen LogP) is 3.72. The fraction of sp³-hybridized carbons (Fsp3) is 0.348. The van der Waals surface area contributed by atoms with Crippen molar-refractivity contribution >= 4 is 44.7 Å². The number of aryl methyl sites for hydroxylation is 1. The highest BCUT2D eigenvalue weighted by atomic mass is 32.2. The Morgan fingerprint density at radius 3 is 2.45 bits per heavy atom. The van der Waals surface area contributed by atoms with E-state index in [-0.39, 0.29) is 15.2 Å². The van der Waals surface area contributed by atoms with Crippen LogP contribution in [0.4, 0.5) is 5.69 Å². The van der Waals surface area contributed by atoms with E-state index in [1.807, 2.05) is 0 Å². The molecule has 33 heavy (non-hydrogen) atoms. The molecule has 0 aliphatic carbocycles. The van der Waals surface area contributed by atoms with Crippen LogP contribution in [0.2, 0.25) is 0 Å². The molecule has 0 saturated carbocycles. The van der Waals surface area contributed by atoms with Crippen LogP contribution in [0.25, 0.3) is 10.9 Å². The first-order valence-electron chi connectivity index (χ1n) is 10.8. The number of aromatic nitrogens is 2. The molecule has 1 aromatic heterocycles. The first kappa shape index (κ1) is 23.3. The third-order valence-corrected chi connectivity index (χ3v) is 8.41. The highest BCUT2D eigenvalue weighted by Crippen LogP contribution is 2.26. The number of aromatic amines is 1. The number of carbonyl (C=O) groups is 1. The van der Waals surface area contributed by atoms with Crippen LogP contribution >= 0.6 is 12.2 Å². The van der Waals surface area contributed by atoms with Gasteiger partial charge < -0.3 is 10.3 Å². The smallest absolute Gasteiger partial charge is 0.261 e. The average molecular weight is 487 g/mol. The van der Waals surface area contributed by atoms with E-state index >= 15 is 0 Å². The minimum absolute atomic E-state index is 0.202. The van der Waals surface area contributed by atoms with Crippen LogP contribution in [-0.2, 0) is 17.1 Å². The van der Waals surface area contributed by atoms with Gasteiger partial charge in [-0.1, -0.05) is 18.9 Å². The summed E-state index contributed by atoms with van der Waals surface area (Å²) in [7, 11) is -2.07. The number of rotatable bonds is 4. The molecule has 0 atom stereocenters. The maximum atomic E-state index is 13.3. The molecular formula is C23H26N4O4S2. The van der Waals surface area contributed by atoms with Gasteiger partial charge in [0.1, 0.15) is 0 Å². The summed E-state index contributed by atoms with van der Waals surface area (Å²) in [6, 6.07) is 9.57. The summed E-state index contributed by atoms with van der Waals surface area (Å²) in [5, 5.41) is 3.19. The molecule has 2 aromatic carbocycles. The number of benzene rings is 2. The van der Waals surface area contributed by atoms with E-state index in [9.17, 15) is 18.0 Å². The lowest BCUT2D eigenvalue weighted by Gasteiger charge is -2.21. The lowest BCUT2D eigenvalue weighted by atomic mass is 10.1. The van der Waals surface area contributed by atoms with E-state index in [0.29, 0.717) is 40.8 Å². The minimum Gasteiger partial charge on any atom is -0.332 e. The maximum Gasteiger partial charge on any atom is 0.261 e. The van der Waals surface area contributed by atoms with Crippen molar-refractivity contribution in [1.82, 2.24) is 13.9 Å². The molecule has 8 nitrogen and oxygen atoms in total. The van der Waals surface area contributed by atoms with Gasteiger partial charge in [-0.2, -0.15) is 4.31 Å². The van der Waals surface area contributed by atoms with Crippen molar-refractivity contribution in [2.75, 3.05) is 18.4 Å². The molecule has 3 aromatic rings. The molecule has 0 radical (unpaired) electrons. The normalized spacial score (nSPS) is 15.3. The summed E-state index contributed by atoms with van der Waals surface area (Å²) >= 11 is 5.15. The number of nitrogens with one attached hydrogen (secondary N) is 2. The minimum atomic E-state index is -3.65. The van der Waals surface area contributed by atoms with Crippen molar-refractivity contribution in [3.63, 3.8) is 0 Å². The third-order valence-electron chi connectivity index (χ3n) is 5.99. The van der Waals surface area contributed by atoms with Gasteiger partial charge in [0.2, 0.25) is 10.0 Å². The molecule has 2 N–H and O–H groups in total. The van der Waals surface area contributed by atoms with Gasteiger partial charge >= 0.3 is 0 Å². The number of sulfonamides is 1. The third kappa shape index (κ3) is 4.64. The quantitative estimate of drug-likeness (QED) is 0.547. The van der Waals surface area contributed by atoms with Crippen molar-refractivity contribution in [3.8, 4) is 0 Å². The van der Waals surface area contributed by atoms with Crippen molar-refractivity contribution in [2.45, 2.75) is 37.5 Å². The Bertz CT molecular complexity index is 1450. The van der Waals surface area contributed by atoms with E-state index in [1.54, 1.807) is 48.6 Å². The van der Waals surface area contributed by atoms with Crippen LogP contribution in [0, 0.1) is 11.7 Å². The Labute approximate surface area is 197 Å². The van der Waals surface area contributed by atoms with E-state index in [0.717, 1.165) is 25.7 Å². The molecule has 1 aliphatic heterocycles. The topological polar surface area (TPSA) is 104 Å². The second-order valence-corrected chi connectivity index (χ2v) is 10.6. The standard InChI is InChI=1S/C23H26N4O4S2/c1-15-7-9-17(14-20(15)33(30,31)27-11-5-3-4-6-12-27)24-21(28)16-8-10-18-19(13-16)25-23(32)26(2)22(18)29/h7-10,13-14H,3-6,11-12H2,1-2H3,(H,24,28)(H,25,32). The maximum absolute atomic E-state index is 13.3. The summed E-state index contributed by atoms with van der Waals surface area (Å²) in [5.41, 5.74) is 1.55. The fourth-order valence-corrected chi connectivity index (χ4v) is 5.99. The Morgan fingerprint density at radius 2 is 1.76 bits per heavy atom. The molecule has 1 fully saturated rings. The summed E-state index contributed by atoms with van der Waals surface area (Å²) in [6.07, 6.45) is 3.76. The second kappa shape index (κ2) is 9.20. The van der Waals surface area contributed by atoms with Crippen LogP contribution in [0.3, 0.4) is 0 Å². The van der Waals surface area contributed by atoms with Crippen LogP contribution < -0.4 is 10.9 Å². The zero-order valence-electron chi connectivity index (χ0n) is 18.6. The van der Waals surface area contributed by atoms with E-state index < -0.39 is 15.9 Å². The largest absolute Gasteiger partial charge is 0.332 e. The predicted molar refractivity (Wildman–Crippen MR) is 131 cm³/mol. The lowest BCUT2D eigenvalue weighted by Crippen LogP contribution is -2.32. The number of amides is 1. The molecule has 0 bridgehead atoms. The summed E-state index contributed by atoms with van der Waals surface area (Å²) in [6.45, 7) is 2.77. The first-order chi connectivity index (χ1) is 15.7. The second-order valence-electron chi connectivity index (χ2n) is 8.31. The Kier molecular flexibility index (Phi) is 6.51. The SMILES string of the molecule is Cc1ccc(NC(=O)c2ccc3c(=O)n(C)c(=S)[nH]c3c2)cc1S(=O)(=O)N1CCCCCC1. The molecule has 1 saturated heterocycles. The fourth-order valence-electron chi connectivity index (χ4n) is 4.03. The average Bonchev–Trinajstić information content (AvgIpc) is 3.08. The zero-order chi connectivity index (χ0) is 23.8. The highest BCUT2D eigenvalue weighted by molar-refractivity contribution is 7.89. The molecule has 174 valence electrons. The summed E-state index contributed by atoms with van der Waals surface area (Å²) in [4.78, 5) is 28.4. The van der Waals surface area contributed by atoms with E-state index in [2.05, 4.69) is 10.3 Å². The number of H-pyrrole nitrogens is 1. The molecule has 2 heterocycles. The molecule has 4 rings (SSSR count). The number of hydrogen-bond donors (Lipinski definition) is 2. The van der Waals surface area contributed by atoms with Crippen molar-refractivity contribution < 1.29 is 13.2 Å². The van der Waals surface area contributed by atoms with Gasteiger partial charge in [-0.05, 0) is 67.9 Å². The van der Waals surface area contributed by atoms with Gasteiger partial charge in [-0.3, -0.25) is 14.2 Å². The lowest BCUT2D eigenvalue weighted by molar-refractivity contribution is 0.102. The Hall–Kier alpha value is -2.82. The molecular weight excluding hydrogens is 460 g/mol. The van der Waals surface area contributed by atoms with Crippen LogP contribution in [0.15, 0.2) is 46.1 Å². The van der Waals surface area contributed by atoms with Gasteiger partial charge in [0.25, 0.3) is 11.5 Å². The van der Waals surface area contributed by atoms with E-state index in [4.69, 9.17) is 12.2 Å². The van der Waals surface area contributed by atoms with Gasteiger partial charge in [0, 0.05) is 31.4 Å². The number of carbonyl (C=O) groups excluding carboxylic acids is 1. The number of anilines is 1. The molecule has 0 spiro atoms. The summed E-state index contributed by atoms with van der Waals surface area (Å²) in [5.74, 6) is -0.418. The van der Waals surface area contributed by atoms with Gasteiger partial charge in [0.05, 0.1) is 15.8 Å².